The van der Waals surface area contributed by atoms with Crippen molar-refractivity contribution in [1.82, 2.24) is 4.98 Å². The second-order valence-corrected chi connectivity index (χ2v) is 8.37. The van der Waals surface area contributed by atoms with Gasteiger partial charge in [-0.05, 0) is 41.8 Å². The number of phenolic OH excluding ortho intramolecular Hbond substituents is 1. The molecule has 0 saturated heterocycles. The number of nitrogens with one attached hydrogen (secondary N) is 1. The summed E-state index contributed by atoms with van der Waals surface area (Å²) in [6.07, 6.45) is 0. The first kappa shape index (κ1) is 18.8. The Morgan fingerprint density at radius 2 is 1.92 bits per heavy atom. The molecule has 2 aromatic carbocycles. The molecule has 0 bridgehead atoms. The van der Waals surface area contributed by atoms with Crippen LogP contribution in [-0.2, 0) is 4.79 Å². The largest absolute Gasteiger partial charge is 0.507 e. The van der Waals surface area contributed by atoms with Crippen molar-refractivity contribution in [2.45, 2.75) is 23.6 Å². The van der Waals surface area contributed by atoms with Crippen LogP contribution in [0.2, 0.25) is 0 Å². The number of anilines is 1. The summed E-state index contributed by atoms with van der Waals surface area (Å²) in [5.41, 5.74) is 3.06. The number of phenols is 1. The molecular weight excluding hydrogens is 399 g/mol. The van der Waals surface area contributed by atoms with E-state index in [1.54, 1.807) is 0 Å². The summed E-state index contributed by atoms with van der Waals surface area (Å²) in [7, 11) is 0. The lowest BCUT2D eigenvalue weighted by molar-refractivity contribution is -0.115. The van der Waals surface area contributed by atoms with Crippen molar-refractivity contribution in [3.05, 3.63) is 42.0 Å². The molecule has 8 heteroatoms. The number of carbonyl (C=O) groups excluding carboxylic acids is 1. The molecule has 26 heavy (non-hydrogen) atoms. The number of aromatic hydroxyl groups is 1. The number of rotatable bonds is 3. The van der Waals surface area contributed by atoms with E-state index >= 15 is 0 Å². The zero-order valence-corrected chi connectivity index (χ0v) is 16.2. The Hall–Kier alpha value is -1.95. The third-order valence-electron chi connectivity index (χ3n) is 3.82. The Labute approximate surface area is 164 Å². The third kappa shape index (κ3) is 3.90. The second-order valence-electron chi connectivity index (χ2n) is 6.08. The number of carbonyl (C=O) groups is 1. The molecule has 136 valence electrons. The van der Waals surface area contributed by atoms with Crippen molar-refractivity contribution in [2.75, 3.05) is 5.32 Å². The first-order valence-electron chi connectivity index (χ1n) is 7.77. The van der Waals surface area contributed by atoms with Gasteiger partial charge in [0.1, 0.15) is 11.3 Å². The van der Waals surface area contributed by atoms with Crippen LogP contribution in [0.15, 0.2) is 40.8 Å². The first-order chi connectivity index (χ1) is 12.1. The van der Waals surface area contributed by atoms with E-state index in [2.05, 4.69) is 24.1 Å². The highest BCUT2D eigenvalue weighted by Crippen LogP contribution is 2.35. The second kappa shape index (κ2) is 6.99. The number of halogens is 3. The topological polar surface area (TPSA) is 75.4 Å². The van der Waals surface area contributed by atoms with Crippen LogP contribution in [0.1, 0.15) is 25.3 Å². The SMILES string of the molecule is CC(C)c1ccc2oc(-c3cc(NC(=O)C(Cl)(Cl)Cl)ccc3O)nc2c1. The van der Waals surface area contributed by atoms with Gasteiger partial charge in [0.2, 0.25) is 5.89 Å². The number of nitrogens with zero attached hydrogens (tertiary/aromatic N) is 1. The summed E-state index contributed by atoms with van der Waals surface area (Å²) < 4.78 is 3.64. The minimum Gasteiger partial charge on any atom is -0.507 e. The van der Waals surface area contributed by atoms with E-state index in [1.165, 1.54) is 18.2 Å². The number of alkyl halides is 3. The molecule has 1 heterocycles. The fourth-order valence-corrected chi connectivity index (χ4v) is 2.55. The molecule has 0 radical (unpaired) electrons. The lowest BCUT2D eigenvalue weighted by atomic mass is 10.0. The van der Waals surface area contributed by atoms with Gasteiger partial charge in [-0.15, -0.1) is 0 Å². The number of amides is 1. The summed E-state index contributed by atoms with van der Waals surface area (Å²) >= 11 is 16.7. The highest BCUT2D eigenvalue weighted by molar-refractivity contribution is 6.76. The van der Waals surface area contributed by atoms with E-state index in [9.17, 15) is 9.90 Å². The van der Waals surface area contributed by atoms with Gasteiger partial charge in [-0.1, -0.05) is 54.7 Å². The maximum Gasteiger partial charge on any atom is 0.276 e. The van der Waals surface area contributed by atoms with Gasteiger partial charge in [0.15, 0.2) is 5.58 Å². The highest BCUT2D eigenvalue weighted by atomic mass is 35.6. The monoisotopic (exact) mass is 412 g/mol. The van der Waals surface area contributed by atoms with E-state index in [0.717, 1.165) is 5.56 Å². The van der Waals surface area contributed by atoms with Gasteiger partial charge in [-0.2, -0.15) is 0 Å². The predicted molar refractivity (Wildman–Crippen MR) is 104 cm³/mol. The van der Waals surface area contributed by atoms with Crippen LogP contribution < -0.4 is 5.32 Å². The van der Waals surface area contributed by atoms with Crippen LogP contribution in [0.4, 0.5) is 5.69 Å². The highest BCUT2D eigenvalue weighted by Gasteiger charge is 2.30. The third-order valence-corrected chi connectivity index (χ3v) is 4.34. The molecule has 3 aromatic rings. The van der Waals surface area contributed by atoms with E-state index in [0.29, 0.717) is 28.3 Å². The minimum absolute atomic E-state index is 0.0486. The van der Waals surface area contributed by atoms with Gasteiger partial charge in [0.25, 0.3) is 9.70 Å². The molecule has 0 spiro atoms. The average Bonchev–Trinajstić information content (AvgIpc) is 2.98. The maximum atomic E-state index is 11.8. The molecule has 1 aromatic heterocycles. The zero-order chi connectivity index (χ0) is 19.1. The van der Waals surface area contributed by atoms with Crippen LogP contribution in [0, 0.1) is 0 Å². The van der Waals surface area contributed by atoms with Crippen molar-refractivity contribution in [2.24, 2.45) is 0 Å². The molecule has 5 nitrogen and oxygen atoms in total. The zero-order valence-electron chi connectivity index (χ0n) is 13.9. The number of fused-ring (bicyclic) bond motifs is 1. The molecule has 0 atom stereocenters. The van der Waals surface area contributed by atoms with Crippen LogP contribution in [0.25, 0.3) is 22.6 Å². The molecule has 0 unspecified atom stereocenters. The summed E-state index contributed by atoms with van der Waals surface area (Å²) in [5, 5.41) is 12.6. The average molecular weight is 414 g/mol. The van der Waals surface area contributed by atoms with Gasteiger partial charge >= 0.3 is 0 Å². The van der Waals surface area contributed by atoms with E-state index in [4.69, 9.17) is 39.2 Å². The van der Waals surface area contributed by atoms with Crippen molar-refractivity contribution in [1.29, 1.82) is 0 Å². The van der Waals surface area contributed by atoms with Gasteiger partial charge < -0.3 is 14.8 Å². The normalized spacial score (nSPS) is 11.9. The first-order valence-corrected chi connectivity index (χ1v) is 8.90. The molecule has 0 aliphatic rings. The Kier molecular flexibility index (Phi) is 5.06. The van der Waals surface area contributed by atoms with Crippen LogP contribution in [0.3, 0.4) is 0 Å². The van der Waals surface area contributed by atoms with Crippen LogP contribution in [0.5, 0.6) is 5.75 Å². The standard InChI is InChI=1S/C18H15Cl3N2O3/c1-9(2)10-3-6-15-13(7-10)23-16(26-15)12-8-11(4-5-14(12)24)22-17(25)18(19,20)21/h3-9,24H,1-2H3,(H,22,25). The van der Waals surface area contributed by atoms with E-state index < -0.39 is 9.70 Å². The van der Waals surface area contributed by atoms with Crippen molar-refractivity contribution in [3.63, 3.8) is 0 Å². The van der Waals surface area contributed by atoms with Gasteiger partial charge in [-0.25, -0.2) is 4.98 Å². The molecule has 1 amide bonds. The molecule has 0 saturated carbocycles. The summed E-state index contributed by atoms with van der Waals surface area (Å²) in [6.45, 7) is 4.18. The van der Waals surface area contributed by atoms with Crippen molar-refractivity contribution >= 4 is 57.5 Å². The smallest absolute Gasteiger partial charge is 0.276 e. The number of hydrogen-bond acceptors (Lipinski definition) is 4. The predicted octanol–water partition coefficient (Wildman–Crippen LogP) is 5.63. The van der Waals surface area contributed by atoms with Gasteiger partial charge in [0.05, 0.1) is 5.56 Å². The fraction of sp³-hybridized carbons (Fsp3) is 0.222. The number of benzene rings is 2. The Morgan fingerprint density at radius 3 is 2.58 bits per heavy atom. The molecule has 0 aliphatic carbocycles. The number of aromatic nitrogens is 1. The van der Waals surface area contributed by atoms with Gasteiger partial charge in [-0.3, -0.25) is 4.79 Å². The molecule has 2 N–H and O–H groups in total. The van der Waals surface area contributed by atoms with E-state index in [1.807, 2.05) is 18.2 Å². The van der Waals surface area contributed by atoms with Crippen molar-refractivity contribution < 1.29 is 14.3 Å². The number of oxazole rings is 1. The molecule has 0 aliphatic heterocycles. The molecule has 3 rings (SSSR count). The Bertz CT molecular complexity index is 977. The van der Waals surface area contributed by atoms with Gasteiger partial charge in [0, 0.05) is 5.69 Å². The van der Waals surface area contributed by atoms with Crippen LogP contribution >= 0.6 is 34.8 Å². The lowest BCUT2D eigenvalue weighted by Crippen LogP contribution is -2.26. The number of hydrogen-bond donors (Lipinski definition) is 2. The minimum atomic E-state index is -2.09. The quantitative estimate of drug-likeness (QED) is 0.431. The van der Waals surface area contributed by atoms with Crippen LogP contribution in [-0.4, -0.2) is 19.8 Å². The van der Waals surface area contributed by atoms with E-state index in [-0.39, 0.29) is 11.6 Å². The summed E-state index contributed by atoms with van der Waals surface area (Å²) in [5.74, 6) is -0.275. The molecule has 0 fully saturated rings. The van der Waals surface area contributed by atoms with Crippen molar-refractivity contribution in [3.8, 4) is 17.2 Å². The maximum absolute atomic E-state index is 11.8. The summed E-state index contributed by atoms with van der Waals surface area (Å²) in [4.78, 5) is 16.2. The summed E-state index contributed by atoms with van der Waals surface area (Å²) in [6, 6.07) is 10.1. The lowest BCUT2D eigenvalue weighted by Gasteiger charge is -2.12. The molecular formula is C18H15Cl3N2O3. The fourth-order valence-electron chi connectivity index (χ4n) is 2.41. The Morgan fingerprint density at radius 1 is 1.19 bits per heavy atom. The Balaban J connectivity index is 1.99.